The number of fused-ring (bicyclic) bond motifs is 1. The number of carbonyl (C=O) groups is 1. The summed E-state index contributed by atoms with van der Waals surface area (Å²) in [5.41, 5.74) is 13.1. The van der Waals surface area contributed by atoms with E-state index in [1.54, 1.807) is 24.3 Å². The molecular formula is C20H21N3O2. The molecular weight excluding hydrogens is 314 g/mol. The van der Waals surface area contributed by atoms with Gasteiger partial charge in [-0.05, 0) is 56.7 Å². The molecule has 0 fully saturated rings. The predicted octanol–water partition coefficient (Wildman–Crippen LogP) is 4.04. The van der Waals surface area contributed by atoms with Gasteiger partial charge in [0.1, 0.15) is 11.3 Å². The average molecular weight is 335 g/mol. The summed E-state index contributed by atoms with van der Waals surface area (Å²) in [7, 11) is 0. The molecule has 3 rings (SSSR count). The minimum absolute atomic E-state index is 0.288. The number of aryl methyl sites for hydroxylation is 2. The second-order valence-electron chi connectivity index (χ2n) is 6.02. The third-order valence-electron chi connectivity index (χ3n) is 4.13. The van der Waals surface area contributed by atoms with Gasteiger partial charge in [-0.1, -0.05) is 18.6 Å². The summed E-state index contributed by atoms with van der Waals surface area (Å²) in [5, 5.41) is 5.31. The minimum Gasteiger partial charge on any atom is -0.454 e. The fourth-order valence-corrected chi connectivity index (χ4v) is 2.79. The quantitative estimate of drug-likeness (QED) is 0.429. The van der Waals surface area contributed by atoms with Crippen molar-refractivity contribution in [3.8, 4) is 0 Å². The Morgan fingerprint density at radius 3 is 2.60 bits per heavy atom. The number of nitrogens with zero attached hydrogens (tertiary/aromatic N) is 1. The van der Waals surface area contributed by atoms with E-state index in [0.29, 0.717) is 22.7 Å². The van der Waals surface area contributed by atoms with Crippen molar-refractivity contribution >= 4 is 28.3 Å². The van der Waals surface area contributed by atoms with Gasteiger partial charge < -0.3 is 10.2 Å². The van der Waals surface area contributed by atoms with E-state index in [1.807, 2.05) is 19.1 Å². The first-order valence-electron chi connectivity index (χ1n) is 8.22. The second kappa shape index (κ2) is 6.81. The van der Waals surface area contributed by atoms with Gasteiger partial charge in [-0.25, -0.2) is 5.43 Å². The van der Waals surface area contributed by atoms with E-state index in [4.69, 9.17) is 10.2 Å². The van der Waals surface area contributed by atoms with E-state index in [2.05, 4.69) is 30.4 Å². The molecule has 25 heavy (non-hydrogen) atoms. The zero-order chi connectivity index (χ0) is 18.0. The summed E-state index contributed by atoms with van der Waals surface area (Å²) in [4.78, 5) is 12.2. The van der Waals surface area contributed by atoms with Crippen LogP contribution in [0.1, 0.15) is 41.1 Å². The molecule has 0 bridgehead atoms. The van der Waals surface area contributed by atoms with E-state index in [9.17, 15) is 4.79 Å². The van der Waals surface area contributed by atoms with Crippen molar-refractivity contribution in [2.75, 3.05) is 5.73 Å². The molecule has 3 N–H and O–H groups in total. The number of furan rings is 1. The van der Waals surface area contributed by atoms with Crippen molar-refractivity contribution in [1.29, 1.82) is 0 Å². The molecule has 128 valence electrons. The Morgan fingerprint density at radius 2 is 1.92 bits per heavy atom. The molecule has 1 aromatic heterocycles. The van der Waals surface area contributed by atoms with E-state index < -0.39 is 0 Å². The van der Waals surface area contributed by atoms with Crippen LogP contribution in [0.3, 0.4) is 0 Å². The maximum absolute atomic E-state index is 12.2. The molecule has 0 aliphatic rings. The molecule has 5 nitrogen and oxygen atoms in total. The van der Waals surface area contributed by atoms with Gasteiger partial charge in [-0.15, -0.1) is 0 Å². The monoisotopic (exact) mass is 335 g/mol. The van der Waals surface area contributed by atoms with Crippen molar-refractivity contribution in [1.82, 2.24) is 5.43 Å². The number of nitrogen functional groups attached to an aromatic ring is 1. The first kappa shape index (κ1) is 16.8. The van der Waals surface area contributed by atoms with E-state index in [-0.39, 0.29) is 5.91 Å². The Kier molecular flexibility index (Phi) is 4.57. The predicted molar refractivity (Wildman–Crippen MR) is 101 cm³/mol. The lowest BCUT2D eigenvalue weighted by Crippen LogP contribution is -2.19. The molecule has 0 aliphatic carbocycles. The SMILES string of the molecule is CCc1c(/C(C)=N\NC(=O)c2ccc(N)cc2)oc2ccc(C)cc12. The molecule has 0 spiro atoms. The Balaban J connectivity index is 1.88. The molecule has 1 heterocycles. The molecule has 3 aromatic rings. The van der Waals surface area contributed by atoms with Gasteiger partial charge >= 0.3 is 0 Å². The number of benzene rings is 2. The lowest BCUT2D eigenvalue weighted by Gasteiger charge is -2.03. The summed E-state index contributed by atoms with van der Waals surface area (Å²) in [5.74, 6) is 0.421. The molecule has 1 amide bonds. The maximum Gasteiger partial charge on any atom is 0.271 e. The van der Waals surface area contributed by atoms with E-state index >= 15 is 0 Å². The fraction of sp³-hybridized carbons (Fsp3) is 0.200. The van der Waals surface area contributed by atoms with Crippen LogP contribution in [0.4, 0.5) is 5.69 Å². The number of hydrazone groups is 1. The van der Waals surface area contributed by atoms with Crippen molar-refractivity contribution in [3.05, 3.63) is 64.9 Å². The highest BCUT2D eigenvalue weighted by atomic mass is 16.3. The van der Waals surface area contributed by atoms with Crippen molar-refractivity contribution in [2.24, 2.45) is 5.10 Å². The summed E-state index contributed by atoms with van der Waals surface area (Å²) < 4.78 is 5.96. The number of hydrogen-bond donors (Lipinski definition) is 2. The summed E-state index contributed by atoms with van der Waals surface area (Å²) in [6, 6.07) is 12.8. The Hall–Kier alpha value is -3.08. The maximum atomic E-state index is 12.2. The number of rotatable bonds is 4. The van der Waals surface area contributed by atoms with Crippen LogP contribution >= 0.6 is 0 Å². The fourth-order valence-electron chi connectivity index (χ4n) is 2.79. The molecule has 0 saturated heterocycles. The number of nitrogens with one attached hydrogen (secondary N) is 1. The smallest absolute Gasteiger partial charge is 0.271 e. The van der Waals surface area contributed by atoms with Crippen molar-refractivity contribution in [3.63, 3.8) is 0 Å². The third kappa shape index (κ3) is 3.40. The van der Waals surface area contributed by atoms with Crippen LogP contribution in [0.5, 0.6) is 0 Å². The van der Waals surface area contributed by atoms with Crippen LogP contribution in [0.25, 0.3) is 11.0 Å². The number of hydrogen-bond acceptors (Lipinski definition) is 4. The van der Waals surface area contributed by atoms with Crippen LogP contribution in [-0.2, 0) is 6.42 Å². The minimum atomic E-state index is -0.288. The number of anilines is 1. The lowest BCUT2D eigenvalue weighted by atomic mass is 10.0. The van der Waals surface area contributed by atoms with Gasteiger partial charge in [-0.3, -0.25) is 4.79 Å². The molecule has 2 aromatic carbocycles. The van der Waals surface area contributed by atoms with E-state index in [0.717, 1.165) is 23.0 Å². The summed E-state index contributed by atoms with van der Waals surface area (Å²) in [6.45, 7) is 5.96. The van der Waals surface area contributed by atoms with Gasteiger partial charge in [0.05, 0.1) is 0 Å². The van der Waals surface area contributed by atoms with Gasteiger partial charge in [0.2, 0.25) is 0 Å². The lowest BCUT2D eigenvalue weighted by molar-refractivity contribution is 0.0955. The van der Waals surface area contributed by atoms with Gasteiger partial charge in [0.25, 0.3) is 5.91 Å². The Labute approximate surface area is 146 Å². The number of nitrogens with two attached hydrogens (primary N) is 1. The number of carbonyl (C=O) groups excluding carboxylic acids is 1. The summed E-state index contributed by atoms with van der Waals surface area (Å²) >= 11 is 0. The first-order chi connectivity index (χ1) is 12.0. The highest BCUT2D eigenvalue weighted by molar-refractivity contribution is 6.03. The highest BCUT2D eigenvalue weighted by Crippen LogP contribution is 2.28. The van der Waals surface area contributed by atoms with E-state index in [1.165, 1.54) is 5.56 Å². The van der Waals surface area contributed by atoms with Crippen LogP contribution in [-0.4, -0.2) is 11.6 Å². The van der Waals surface area contributed by atoms with Crippen LogP contribution in [0.15, 0.2) is 52.0 Å². The number of amides is 1. The zero-order valence-electron chi connectivity index (χ0n) is 14.6. The molecule has 0 atom stereocenters. The molecule has 0 unspecified atom stereocenters. The first-order valence-corrected chi connectivity index (χ1v) is 8.22. The standard InChI is InChI=1S/C20H21N3O2/c1-4-16-17-11-12(2)5-10-18(17)25-19(16)13(3)22-23-20(24)14-6-8-15(21)9-7-14/h5-11H,4,21H2,1-3H3,(H,23,24)/b22-13-. The van der Waals surface area contributed by atoms with Crippen LogP contribution in [0.2, 0.25) is 0 Å². The van der Waals surface area contributed by atoms with Crippen LogP contribution < -0.4 is 11.2 Å². The topological polar surface area (TPSA) is 80.6 Å². The van der Waals surface area contributed by atoms with Crippen LogP contribution in [0, 0.1) is 6.92 Å². The van der Waals surface area contributed by atoms with Crippen molar-refractivity contribution in [2.45, 2.75) is 27.2 Å². The van der Waals surface area contributed by atoms with Gasteiger partial charge in [0, 0.05) is 22.2 Å². The average Bonchev–Trinajstić information content (AvgIpc) is 2.97. The van der Waals surface area contributed by atoms with Crippen molar-refractivity contribution < 1.29 is 9.21 Å². The third-order valence-corrected chi connectivity index (χ3v) is 4.13. The Bertz CT molecular complexity index is 953. The normalized spacial score (nSPS) is 11.7. The second-order valence-corrected chi connectivity index (χ2v) is 6.02. The molecule has 0 aliphatic heterocycles. The zero-order valence-corrected chi connectivity index (χ0v) is 14.6. The largest absolute Gasteiger partial charge is 0.454 e. The molecule has 0 saturated carbocycles. The molecule has 5 heteroatoms. The van der Waals surface area contributed by atoms with Gasteiger partial charge in [-0.2, -0.15) is 5.10 Å². The highest BCUT2D eigenvalue weighted by Gasteiger charge is 2.15. The Morgan fingerprint density at radius 1 is 1.20 bits per heavy atom. The van der Waals surface area contributed by atoms with Gasteiger partial charge in [0.15, 0.2) is 5.76 Å². The summed E-state index contributed by atoms with van der Waals surface area (Å²) in [6.07, 6.45) is 0.824. The molecule has 0 radical (unpaired) electrons.